The average molecular weight is 482 g/mol. The number of amides is 3. The molecule has 4 rings (SSSR count). The molecule has 0 aromatic heterocycles. The Balaban J connectivity index is 1.47. The van der Waals surface area contributed by atoms with E-state index in [1.807, 2.05) is 4.90 Å². The van der Waals surface area contributed by atoms with Crippen molar-refractivity contribution in [1.82, 2.24) is 15.1 Å². The molecule has 1 unspecified atom stereocenters. The van der Waals surface area contributed by atoms with Gasteiger partial charge in [-0.05, 0) is 68.4 Å². The number of ether oxygens (including phenoxy) is 1. The summed E-state index contributed by atoms with van der Waals surface area (Å²) in [5, 5.41) is 2.84. The van der Waals surface area contributed by atoms with E-state index in [-0.39, 0.29) is 23.3 Å². The molecular weight excluding hydrogens is 449 g/mol. The Labute approximate surface area is 205 Å². The van der Waals surface area contributed by atoms with Gasteiger partial charge in [0.25, 0.3) is 11.8 Å². The van der Waals surface area contributed by atoms with Gasteiger partial charge in [-0.25, -0.2) is 4.39 Å². The minimum atomic E-state index is -0.755. The van der Waals surface area contributed by atoms with E-state index in [4.69, 9.17) is 4.74 Å². The van der Waals surface area contributed by atoms with Crippen LogP contribution >= 0.6 is 0 Å². The topological polar surface area (TPSA) is 79.0 Å². The highest BCUT2D eigenvalue weighted by molar-refractivity contribution is 5.98. The zero-order valence-corrected chi connectivity index (χ0v) is 20.0. The van der Waals surface area contributed by atoms with Crippen LogP contribution in [0.3, 0.4) is 0 Å². The van der Waals surface area contributed by atoms with Crippen molar-refractivity contribution in [2.75, 3.05) is 33.3 Å². The maximum atomic E-state index is 14.2. The van der Waals surface area contributed by atoms with Crippen molar-refractivity contribution in [3.63, 3.8) is 0 Å². The van der Waals surface area contributed by atoms with Gasteiger partial charge in [-0.1, -0.05) is 18.2 Å². The number of nitrogens with one attached hydrogen (secondary N) is 1. The van der Waals surface area contributed by atoms with Crippen LogP contribution in [-0.4, -0.2) is 66.9 Å². The molecule has 2 aliphatic rings. The molecule has 2 aromatic carbocycles. The lowest BCUT2D eigenvalue weighted by molar-refractivity contribution is -0.136. The summed E-state index contributed by atoms with van der Waals surface area (Å²) in [6, 6.07) is 12.1. The molecule has 0 bridgehead atoms. The van der Waals surface area contributed by atoms with Crippen LogP contribution in [-0.2, 0) is 4.79 Å². The molecule has 35 heavy (non-hydrogen) atoms. The van der Waals surface area contributed by atoms with Gasteiger partial charge in [0.2, 0.25) is 5.91 Å². The summed E-state index contributed by atoms with van der Waals surface area (Å²) >= 11 is 0. The van der Waals surface area contributed by atoms with E-state index >= 15 is 0 Å². The fraction of sp³-hybridized carbons (Fsp3) is 0.444. The molecule has 0 radical (unpaired) electrons. The fourth-order valence-electron chi connectivity index (χ4n) is 4.93. The summed E-state index contributed by atoms with van der Waals surface area (Å²) in [5.41, 5.74) is 0.478. The highest BCUT2D eigenvalue weighted by atomic mass is 19.1. The van der Waals surface area contributed by atoms with Crippen LogP contribution in [0.4, 0.5) is 4.39 Å². The molecule has 2 fully saturated rings. The SMILES string of the molecule is COc1cccc(C(=O)N2CCC(C(NC(=O)c3ccccc3F)C(=O)N3CCCCC3)CC2)c1. The van der Waals surface area contributed by atoms with Crippen molar-refractivity contribution >= 4 is 17.7 Å². The molecule has 0 aliphatic carbocycles. The smallest absolute Gasteiger partial charge is 0.254 e. The van der Waals surface area contributed by atoms with Gasteiger partial charge in [0.1, 0.15) is 17.6 Å². The van der Waals surface area contributed by atoms with Gasteiger partial charge >= 0.3 is 0 Å². The minimum Gasteiger partial charge on any atom is -0.497 e. The van der Waals surface area contributed by atoms with Gasteiger partial charge < -0.3 is 19.9 Å². The summed E-state index contributed by atoms with van der Waals surface area (Å²) in [6.45, 7) is 2.27. The monoisotopic (exact) mass is 481 g/mol. The van der Waals surface area contributed by atoms with Crippen molar-refractivity contribution in [2.24, 2.45) is 5.92 Å². The first-order valence-electron chi connectivity index (χ1n) is 12.3. The third-order valence-corrected chi connectivity index (χ3v) is 6.95. The Morgan fingerprint density at radius 1 is 0.943 bits per heavy atom. The lowest BCUT2D eigenvalue weighted by atomic mass is 9.87. The Kier molecular flexibility index (Phi) is 8.00. The van der Waals surface area contributed by atoms with E-state index in [1.165, 1.54) is 18.2 Å². The molecule has 2 heterocycles. The third kappa shape index (κ3) is 5.81. The number of likely N-dealkylation sites (tertiary alicyclic amines) is 2. The van der Waals surface area contributed by atoms with E-state index in [0.717, 1.165) is 19.3 Å². The Bertz CT molecular complexity index is 1060. The first kappa shape index (κ1) is 24.7. The largest absolute Gasteiger partial charge is 0.497 e. The molecule has 0 saturated carbocycles. The number of rotatable bonds is 6. The molecule has 0 spiro atoms. The third-order valence-electron chi connectivity index (χ3n) is 6.95. The maximum Gasteiger partial charge on any atom is 0.254 e. The molecule has 8 heteroatoms. The fourth-order valence-corrected chi connectivity index (χ4v) is 4.93. The lowest BCUT2D eigenvalue weighted by Crippen LogP contribution is -2.55. The average Bonchev–Trinajstić information content (AvgIpc) is 2.91. The number of carbonyl (C=O) groups is 3. The van der Waals surface area contributed by atoms with E-state index < -0.39 is 17.8 Å². The van der Waals surface area contributed by atoms with E-state index in [2.05, 4.69) is 5.32 Å². The number of carbonyl (C=O) groups excluding carboxylic acids is 3. The highest BCUT2D eigenvalue weighted by Crippen LogP contribution is 2.26. The zero-order valence-electron chi connectivity index (χ0n) is 20.0. The number of nitrogens with zero attached hydrogens (tertiary/aromatic N) is 2. The van der Waals surface area contributed by atoms with Crippen LogP contribution in [0.1, 0.15) is 52.8 Å². The summed E-state index contributed by atoms with van der Waals surface area (Å²) in [7, 11) is 1.56. The van der Waals surface area contributed by atoms with Crippen molar-refractivity contribution in [2.45, 2.75) is 38.1 Å². The Morgan fingerprint density at radius 3 is 2.34 bits per heavy atom. The summed E-state index contributed by atoms with van der Waals surface area (Å²) in [5.74, 6) is -0.937. The van der Waals surface area contributed by atoms with E-state index in [1.54, 1.807) is 42.3 Å². The quantitative estimate of drug-likeness (QED) is 0.685. The Hall–Kier alpha value is -3.42. The van der Waals surface area contributed by atoms with E-state index in [0.29, 0.717) is 50.3 Å². The molecular formula is C27H32FN3O4. The molecule has 1 N–H and O–H groups in total. The molecule has 2 saturated heterocycles. The summed E-state index contributed by atoms with van der Waals surface area (Å²) < 4.78 is 19.5. The first-order chi connectivity index (χ1) is 17.0. The second kappa shape index (κ2) is 11.3. The normalized spacial score (nSPS) is 17.5. The standard InChI is InChI=1S/C27H32FN3O4/c1-35-21-9-7-8-20(18-21)26(33)31-16-12-19(13-17-31)24(27(34)30-14-5-2-6-15-30)29-25(32)22-10-3-4-11-23(22)28/h3-4,7-11,18-19,24H,2,5-6,12-17H2,1H3,(H,29,32). The van der Waals surface area contributed by atoms with Gasteiger partial charge in [-0.3, -0.25) is 14.4 Å². The maximum absolute atomic E-state index is 14.2. The molecule has 186 valence electrons. The second-order valence-corrected chi connectivity index (χ2v) is 9.18. The van der Waals surface area contributed by atoms with Crippen LogP contribution in [0.2, 0.25) is 0 Å². The zero-order chi connectivity index (χ0) is 24.8. The van der Waals surface area contributed by atoms with Crippen molar-refractivity contribution in [3.05, 3.63) is 65.5 Å². The molecule has 2 aliphatic heterocycles. The number of halogens is 1. The van der Waals surface area contributed by atoms with Gasteiger partial charge in [0.05, 0.1) is 12.7 Å². The summed E-state index contributed by atoms with van der Waals surface area (Å²) in [6.07, 6.45) is 4.09. The first-order valence-corrected chi connectivity index (χ1v) is 12.3. The number of methoxy groups -OCH3 is 1. The van der Waals surface area contributed by atoms with Crippen molar-refractivity contribution in [3.8, 4) is 5.75 Å². The van der Waals surface area contributed by atoms with Crippen LogP contribution in [0.15, 0.2) is 48.5 Å². The number of hydrogen-bond acceptors (Lipinski definition) is 4. The molecule has 3 amide bonds. The number of piperidine rings is 2. The van der Waals surface area contributed by atoms with Crippen molar-refractivity contribution in [1.29, 1.82) is 0 Å². The van der Waals surface area contributed by atoms with E-state index in [9.17, 15) is 18.8 Å². The van der Waals surface area contributed by atoms with Crippen molar-refractivity contribution < 1.29 is 23.5 Å². The van der Waals surface area contributed by atoms with Crippen LogP contribution < -0.4 is 10.1 Å². The van der Waals surface area contributed by atoms with Gasteiger partial charge in [0, 0.05) is 31.7 Å². The lowest BCUT2D eigenvalue weighted by Gasteiger charge is -2.38. The second-order valence-electron chi connectivity index (χ2n) is 9.18. The Morgan fingerprint density at radius 2 is 1.66 bits per heavy atom. The summed E-state index contributed by atoms with van der Waals surface area (Å²) in [4.78, 5) is 43.0. The molecule has 2 aromatic rings. The highest BCUT2D eigenvalue weighted by Gasteiger charge is 2.37. The number of benzene rings is 2. The molecule has 7 nitrogen and oxygen atoms in total. The predicted molar refractivity (Wildman–Crippen MR) is 130 cm³/mol. The van der Waals surface area contributed by atoms with Crippen LogP contribution in [0.25, 0.3) is 0 Å². The van der Waals surface area contributed by atoms with Gasteiger partial charge in [0.15, 0.2) is 0 Å². The predicted octanol–water partition coefficient (Wildman–Crippen LogP) is 3.50. The van der Waals surface area contributed by atoms with Crippen LogP contribution in [0.5, 0.6) is 5.75 Å². The minimum absolute atomic E-state index is 0.0745. The number of hydrogen-bond donors (Lipinski definition) is 1. The van der Waals surface area contributed by atoms with Crippen LogP contribution in [0, 0.1) is 11.7 Å². The molecule has 1 atom stereocenters. The van der Waals surface area contributed by atoms with Gasteiger partial charge in [-0.2, -0.15) is 0 Å². The van der Waals surface area contributed by atoms with Gasteiger partial charge in [-0.15, -0.1) is 0 Å².